The van der Waals surface area contributed by atoms with Crippen molar-refractivity contribution in [3.63, 3.8) is 0 Å². The number of rotatable bonds is 23. The van der Waals surface area contributed by atoms with Crippen LogP contribution in [0.2, 0.25) is 0 Å². The second-order valence-corrected chi connectivity index (χ2v) is 13.2. The highest BCUT2D eigenvalue weighted by atomic mass is 19.1. The Hall–Kier alpha value is -4.63. The van der Waals surface area contributed by atoms with Gasteiger partial charge in [-0.3, -0.25) is 30.4 Å². The number of nitrogens with one attached hydrogen (secondary N) is 1. The van der Waals surface area contributed by atoms with E-state index in [1.54, 1.807) is 24.3 Å². The largest absolute Gasteiger partial charge is 0.466 e. The Labute approximate surface area is 323 Å². The highest BCUT2D eigenvalue weighted by Crippen LogP contribution is 2.42. The quantitative estimate of drug-likeness (QED) is 0.0278. The van der Waals surface area contributed by atoms with Gasteiger partial charge in [-0.1, -0.05) is 62.4 Å². The minimum absolute atomic E-state index is 0.0481. The molecule has 4 rings (SSSR count). The van der Waals surface area contributed by atoms with Crippen molar-refractivity contribution in [2.45, 2.75) is 70.3 Å². The SMILES string of the molecule is CC(C)c1c(C(=O)Nc2ccccc2)c(-c2ccccc2)c(-c2ccc(F)cc2)n1CC[C@@H](O)CC(O)CC(=O)OCCCOCC(CON(O)O)ON(O)O. The molecule has 0 radical (unpaired) electrons. The Morgan fingerprint density at radius 1 is 0.821 bits per heavy atom. The fourth-order valence-corrected chi connectivity index (χ4v) is 6.21. The molecule has 16 nitrogen and oxygen atoms in total. The summed E-state index contributed by atoms with van der Waals surface area (Å²) < 4.78 is 26.6. The number of amides is 1. The monoisotopic (exact) mass is 784 g/mol. The van der Waals surface area contributed by atoms with Crippen LogP contribution < -0.4 is 5.32 Å². The first-order chi connectivity index (χ1) is 26.8. The van der Waals surface area contributed by atoms with E-state index in [0.29, 0.717) is 33.8 Å². The molecule has 7 N–H and O–H groups in total. The van der Waals surface area contributed by atoms with Gasteiger partial charge in [-0.05, 0) is 66.3 Å². The molecule has 56 heavy (non-hydrogen) atoms. The average Bonchev–Trinajstić information content (AvgIpc) is 3.50. The van der Waals surface area contributed by atoms with E-state index in [-0.39, 0.29) is 63.9 Å². The first kappa shape index (κ1) is 44.1. The summed E-state index contributed by atoms with van der Waals surface area (Å²) in [5, 5.41) is 58.5. The van der Waals surface area contributed by atoms with E-state index in [9.17, 15) is 24.2 Å². The van der Waals surface area contributed by atoms with Crippen molar-refractivity contribution in [3.05, 3.63) is 102 Å². The molecule has 17 heteroatoms. The van der Waals surface area contributed by atoms with E-state index in [1.165, 1.54) is 12.1 Å². The van der Waals surface area contributed by atoms with E-state index in [1.807, 2.05) is 66.9 Å². The number of aromatic nitrogens is 1. The number of aliphatic hydroxyl groups excluding tert-OH is 2. The van der Waals surface area contributed by atoms with E-state index < -0.39 is 47.5 Å². The zero-order chi connectivity index (χ0) is 40.6. The number of hydrogen-bond acceptors (Lipinski definition) is 14. The van der Waals surface area contributed by atoms with Gasteiger partial charge in [-0.2, -0.15) is 0 Å². The summed E-state index contributed by atoms with van der Waals surface area (Å²) in [7, 11) is 0. The third kappa shape index (κ3) is 13.5. The number of nitrogens with zero attached hydrogens (tertiary/aromatic N) is 3. The van der Waals surface area contributed by atoms with Gasteiger partial charge in [-0.15, -0.1) is 0 Å². The van der Waals surface area contributed by atoms with Crippen LogP contribution in [0.15, 0.2) is 84.9 Å². The van der Waals surface area contributed by atoms with Crippen molar-refractivity contribution >= 4 is 17.6 Å². The molecule has 1 aromatic heterocycles. The number of hydrogen-bond donors (Lipinski definition) is 7. The predicted molar refractivity (Wildman–Crippen MR) is 198 cm³/mol. The second kappa shape index (κ2) is 22.2. The van der Waals surface area contributed by atoms with Gasteiger partial charge >= 0.3 is 5.97 Å². The number of esters is 1. The van der Waals surface area contributed by atoms with Crippen LogP contribution in [0, 0.1) is 5.82 Å². The maximum absolute atomic E-state index is 14.2. The Morgan fingerprint density at radius 2 is 1.48 bits per heavy atom. The van der Waals surface area contributed by atoms with Crippen LogP contribution in [-0.2, 0) is 30.5 Å². The van der Waals surface area contributed by atoms with Crippen molar-refractivity contribution in [1.29, 1.82) is 0 Å². The Kier molecular flexibility index (Phi) is 17.5. The highest BCUT2D eigenvalue weighted by molar-refractivity contribution is 6.12. The lowest BCUT2D eigenvalue weighted by Gasteiger charge is -2.20. The van der Waals surface area contributed by atoms with E-state index >= 15 is 0 Å². The van der Waals surface area contributed by atoms with Crippen molar-refractivity contribution in [1.82, 2.24) is 15.3 Å². The molecular formula is C39H49FN4O12. The van der Waals surface area contributed by atoms with Gasteiger partial charge in [0.15, 0.2) is 0 Å². The fraction of sp³-hybridized carbons (Fsp3) is 0.385. The molecule has 3 aromatic carbocycles. The molecule has 0 aliphatic heterocycles. The summed E-state index contributed by atoms with van der Waals surface area (Å²) in [6, 6.07) is 24.5. The lowest BCUT2D eigenvalue weighted by Crippen LogP contribution is -2.34. The number of carbonyl (C=O) groups is 2. The predicted octanol–water partition coefficient (Wildman–Crippen LogP) is 5.57. The normalized spacial score (nSPS) is 13.3. The molecule has 0 fully saturated rings. The lowest BCUT2D eigenvalue weighted by atomic mass is 9.94. The lowest BCUT2D eigenvalue weighted by molar-refractivity contribution is -0.528. The summed E-state index contributed by atoms with van der Waals surface area (Å²) in [4.78, 5) is 35.6. The summed E-state index contributed by atoms with van der Waals surface area (Å²) in [5.74, 6) is -1.61. The van der Waals surface area contributed by atoms with Crippen molar-refractivity contribution in [2.24, 2.45) is 0 Å². The number of para-hydroxylation sites is 1. The third-order valence-electron chi connectivity index (χ3n) is 8.54. The number of carbonyl (C=O) groups excluding carboxylic acids is 2. The molecule has 2 unspecified atom stereocenters. The first-order valence-corrected chi connectivity index (χ1v) is 18.0. The summed E-state index contributed by atoms with van der Waals surface area (Å²) in [5.41, 5.74) is 4.53. The molecule has 0 saturated heterocycles. The number of aliphatic hydroxyl groups is 2. The Morgan fingerprint density at radius 3 is 2.11 bits per heavy atom. The van der Waals surface area contributed by atoms with Crippen molar-refractivity contribution < 1.29 is 64.2 Å². The van der Waals surface area contributed by atoms with Crippen LogP contribution >= 0.6 is 0 Å². The van der Waals surface area contributed by atoms with Crippen LogP contribution in [0.5, 0.6) is 0 Å². The van der Waals surface area contributed by atoms with Gasteiger partial charge in [-0.25, -0.2) is 14.1 Å². The van der Waals surface area contributed by atoms with E-state index in [4.69, 9.17) is 30.3 Å². The van der Waals surface area contributed by atoms with Crippen molar-refractivity contribution in [2.75, 3.05) is 31.7 Å². The van der Waals surface area contributed by atoms with Crippen LogP contribution in [-0.4, -0.2) is 103 Å². The fourth-order valence-electron chi connectivity index (χ4n) is 6.21. The zero-order valence-corrected chi connectivity index (χ0v) is 31.1. The van der Waals surface area contributed by atoms with Gasteiger partial charge in [0.25, 0.3) is 5.91 Å². The molecular weight excluding hydrogens is 735 g/mol. The highest BCUT2D eigenvalue weighted by Gasteiger charge is 2.31. The smallest absolute Gasteiger partial charge is 0.308 e. The van der Waals surface area contributed by atoms with Crippen LogP contribution in [0.4, 0.5) is 10.1 Å². The molecule has 4 aromatic rings. The Balaban J connectivity index is 1.44. The van der Waals surface area contributed by atoms with Crippen LogP contribution in [0.25, 0.3) is 22.4 Å². The summed E-state index contributed by atoms with van der Waals surface area (Å²) >= 11 is 0. The van der Waals surface area contributed by atoms with Gasteiger partial charge in [0.1, 0.15) is 18.5 Å². The zero-order valence-electron chi connectivity index (χ0n) is 31.1. The van der Waals surface area contributed by atoms with Gasteiger partial charge < -0.3 is 29.6 Å². The van der Waals surface area contributed by atoms with E-state index in [2.05, 4.69) is 15.0 Å². The topological polar surface area (TPSA) is 216 Å². The molecule has 0 saturated carbocycles. The number of ether oxygens (including phenoxy) is 2. The molecule has 1 amide bonds. The van der Waals surface area contributed by atoms with Crippen LogP contribution in [0.1, 0.15) is 61.5 Å². The maximum atomic E-state index is 14.2. The first-order valence-electron chi connectivity index (χ1n) is 18.0. The molecule has 0 spiro atoms. The summed E-state index contributed by atoms with van der Waals surface area (Å²) in [6.45, 7) is 3.39. The minimum atomic E-state index is -1.22. The summed E-state index contributed by atoms with van der Waals surface area (Å²) in [6.07, 6.45) is -3.54. The number of anilines is 1. The molecule has 3 atom stereocenters. The number of halogens is 1. The average molecular weight is 785 g/mol. The third-order valence-corrected chi connectivity index (χ3v) is 8.54. The molecule has 0 bridgehead atoms. The van der Waals surface area contributed by atoms with Crippen LogP contribution in [0.3, 0.4) is 0 Å². The molecule has 304 valence electrons. The standard InChI is InChI=1S/C39H49FN4O12/c1-26(2)37-36(39(48)41-30-12-7-4-8-13-30)35(27-10-5-3-6-11-27)38(28-14-16-29(40)17-15-28)42(37)19-18-31(45)22-32(46)23-34(47)54-21-9-20-53-24-33(56-44(51)52)25-55-43(49)50/h3-8,10-17,26,31-33,45-46,49-52H,9,18-25H2,1-2H3,(H,41,48)/t31-,32?,33?/m1/s1. The second-order valence-electron chi connectivity index (χ2n) is 13.2. The molecule has 0 aliphatic rings. The number of benzene rings is 3. The van der Waals surface area contributed by atoms with Gasteiger partial charge in [0.05, 0.1) is 53.9 Å². The van der Waals surface area contributed by atoms with Crippen molar-refractivity contribution in [3.8, 4) is 22.4 Å². The van der Waals surface area contributed by atoms with E-state index in [0.717, 1.165) is 5.56 Å². The Bertz CT molecular complexity index is 1790. The maximum Gasteiger partial charge on any atom is 0.308 e. The minimum Gasteiger partial charge on any atom is -0.466 e. The van der Waals surface area contributed by atoms with Gasteiger partial charge in [0.2, 0.25) is 0 Å². The molecule has 1 heterocycles. The van der Waals surface area contributed by atoms with Gasteiger partial charge in [0, 0.05) is 36.5 Å². The molecule has 0 aliphatic carbocycles.